The molecule has 112 valence electrons. The van der Waals surface area contributed by atoms with E-state index in [-0.39, 0.29) is 0 Å². The minimum Gasteiger partial charge on any atom is -0.370 e. The molecule has 0 radical (unpaired) electrons. The average molecular weight is 283 g/mol. The van der Waals surface area contributed by atoms with Crippen molar-refractivity contribution in [2.45, 2.75) is 47.0 Å². The van der Waals surface area contributed by atoms with Gasteiger partial charge in [0.05, 0.1) is 5.69 Å². The number of hydrogen-bond acceptors (Lipinski definition) is 3. The van der Waals surface area contributed by atoms with E-state index in [2.05, 4.69) is 64.2 Å². The zero-order valence-corrected chi connectivity index (χ0v) is 13.7. The van der Waals surface area contributed by atoms with E-state index < -0.39 is 0 Å². The Kier molecular flexibility index (Phi) is 4.94. The SMILES string of the molecule is CCCNc1nc(C(C)C)nc(-c2cccc(C)c2)c1C. The van der Waals surface area contributed by atoms with Crippen molar-refractivity contribution >= 4 is 5.82 Å². The Morgan fingerprint density at radius 1 is 1.14 bits per heavy atom. The van der Waals surface area contributed by atoms with Crippen LogP contribution in [0.5, 0.6) is 0 Å². The summed E-state index contributed by atoms with van der Waals surface area (Å²) in [7, 11) is 0. The van der Waals surface area contributed by atoms with Gasteiger partial charge in [-0.3, -0.25) is 0 Å². The molecule has 2 rings (SSSR count). The van der Waals surface area contributed by atoms with E-state index in [0.29, 0.717) is 5.92 Å². The zero-order valence-electron chi connectivity index (χ0n) is 13.7. The van der Waals surface area contributed by atoms with Gasteiger partial charge in [0.1, 0.15) is 11.6 Å². The molecular formula is C18H25N3. The fourth-order valence-electron chi connectivity index (χ4n) is 2.28. The third-order valence-electron chi connectivity index (χ3n) is 3.51. The predicted octanol–water partition coefficient (Wildman–Crippen LogP) is 4.71. The lowest BCUT2D eigenvalue weighted by atomic mass is 10.0. The first-order valence-corrected chi connectivity index (χ1v) is 7.72. The lowest BCUT2D eigenvalue weighted by molar-refractivity contribution is 0.772. The fourth-order valence-corrected chi connectivity index (χ4v) is 2.28. The number of nitrogens with zero attached hydrogens (tertiary/aromatic N) is 2. The van der Waals surface area contributed by atoms with Gasteiger partial charge in [0.25, 0.3) is 0 Å². The van der Waals surface area contributed by atoms with E-state index in [1.54, 1.807) is 0 Å². The van der Waals surface area contributed by atoms with E-state index in [1.165, 1.54) is 5.56 Å². The van der Waals surface area contributed by atoms with Crippen molar-refractivity contribution in [2.24, 2.45) is 0 Å². The molecule has 0 amide bonds. The summed E-state index contributed by atoms with van der Waals surface area (Å²) in [6.45, 7) is 11.6. The quantitative estimate of drug-likeness (QED) is 0.863. The normalized spacial score (nSPS) is 11.0. The standard InChI is InChI=1S/C18H25N3/c1-6-10-19-18-14(5)16(20-17(21-18)12(2)3)15-9-7-8-13(4)11-15/h7-9,11-12H,6,10H2,1-5H3,(H,19,20,21). The molecule has 0 aliphatic carbocycles. The van der Waals surface area contributed by atoms with Crippen LogP contribution in [0, 0.1) is 13.8 Å². The van der Waals surface area contributed by atoms with Gasteiger partial charge in [-0.15, -0.1) is 0 Å². The average Bonchev–Trinajstić information content (AvgIpc) is 2.46. The fraction of sp³-hybridized carbons (Fsp3) is 0.444. The number of anilines is 1. The zero-order chi connectivity index (χ0) is 15.4. The molecule has 21 heavy (non-hydrogen) atoms. The smallest absolute Gasteiger partial charge is 0.133 e. The van der Waals surface area contributed by atoms with Crippen molar-refractivity contribution in [3.05, 3.63) is 41.2 Å². The van der Waals surface area contributed by atoms with Crippen LogP contribution in [0.15, 0.2) is 24.3 Å². The van der Waals surface area contributed by atoms with Crippen LogP contribution < -0.4 is 5.32 Å². The lowest BCUT2D eigenvalue weighted by Gasteiger charge is -2.15. The molecule has 0 aliphatic rings. The van der Waals surface area contributed by atoms with Crippen molar-refractivity contribution < 1.29 is 0 Å². The first-order chi connectivity index (χ1) is 10.0. The summed E-state index contributed by atoms with van der Waals surface area (Å²) < 4.78 is 0. The van der Waals surface area contributed by atoms with Gasteiger partial charge in [0.2, 0.25) is 0 Å². The second-order valence-corrected chi connectivity index (χ2v) is 5.85. The van der Waals surface area contributed by atoms with Crippen molar-refractivity contribution in [1.82, 2.24) is 9.97 Å². The van der Waals surface area contributed by atoms with Gasteiger partial charge in [-0.1, -0.05) is 44.5 Å². The highest BCUT2D eigenvalue weighted by atomic mass is 15.0. The van der Waals surface area contributed by atoms with Gasteiger partial charge in [-0.2, -0.15) is 0 Å². The number of aryl methyl sites for hydroxylation is 1. The predicted molar refractivity (Wildman–Crippen MR) is 89.8 cm³/mol. The molecule has 3 heteroatoms. The Bertz CT molecular complexity index is 618. The van der Waals surface area contributed by atoms with Gasteiger partial charge in [0.15, 0.2) is 0 Å². The summed E-state index contributed by atoms with van der Waals surface area (Å²) in [4.78, 5) is 9.50. The Morgan fingerprint density at radius 2 is 1.90 bits per heavy atom. The molecule has 0 spiro atoms. The van der Waals surface area contributed by atoms with Gasteiger partial charge >= 0.3 is 0 Å². The first-order valence-electron chi connectivity index (χ1n) is 7.72. The summed E-state index contributed by atoms with van der Waals surface area (Å²) in [6.07, 6.45) is 1.08. The molecule has 1 aromatic carbocycles. The Morgan fingerprint density at radius 3 is 2.52 bits per heavy atom. The molecule has 0 aliphatic heterocycles. The van der Waals surface area contributed by atoms with Gasteiger partial charge < -0.3 is 5.32 Å². The molecule has 2 aromatic rings. The molecule has 0 atom stereocenters. The minimum absolute atomic E-state index is 0.316. The molecule has 0 saturated carbocycles. The van der Waals surface area contributed by atoms with Gasteiger partial charge in [0, 0.05) is 23.6 Å². The second-order valence-electron chi connectivity index (χ2n) is 5.85. The summed E-state index contributed by atoms with van der Waals surface area (Å²) in [5, 5.41) is 3.43. The molecule has 1 aromatic heterocycles. The van der Waals surface area contributed by atoms with Crippen LogP contribution in [0.3, 0.4) is 0 Å². The van der Waals surface area contributed by atoms with E-state index in [4.69, 9.17) is 9.97 Å². The molecule has 0 bridgehead atoms. The minimum atomic E-state index is 0.316. The van der Waals surface area contributed by atoms with Crippen LogP contribution in [0.4, 0.5) is 5.82 Å². The van der Waals surface area contributed by atoms with Crippen LogP contribution in [0.2, 0.25) is 0 Å². The van der Waals surface area contributed by atoms with Crippen molar-refractivity contribution in [3.8, 4) is 11.3 Å². The largest absolute Gasteiger partial charge is 0.370 e. The summed E-state index contributed by atoms with van der Waals surface area (Å²) in [5.74, 6) is 2.18. The molecule has 1 N–H and O–H groups in total. The van der Waals surface area contributed by atoms with E-state index in [0.717, 1.165) is 41.4 Å². The van der Waals surface area contributed by atoms with Crippen molar-refractivity contribution in [2.75, 3.05) is 11.9 Å². The van der Waals surface area contributed by atoms with Crippen molar-refractivity contribution in [3.63, 3.8) is 0 Å². The van der Waals surface area contributed by atoms with Crippen LogP contribution in [-0.2, 0) is 0 Å². The maximum atomic E-state index is 4.80. The summed E-state index contributed by atoms with van der Waals surface area (Å²) in [6, 6.07) is 8.50. The molecule has 0 fully saturated rings. The molecule has 0 unspecified atom stereocenters. The number of nitrogens with one attached hydrogen (secondary N) is 1. The second kappa shape index (κ2) is 6.70. The van der Waals surface area contributed by atoms with Crippen LogP contribution in [0.25, 0.3) is 11.3 Å². The summed E-state index contributed by atoms with van der Waals surface area (Å²) >= 11 is 0. The van der Waals surface area contributed by atoms with E-state index >= 15 is 0 Å². The highest BCUT2D eigenvalue weighted by Crippen LogP contribution is 2.28. The molecule has 3 nitrogen and oxygen atoms in total. The number of benzene rings is 1. The molecule has 0 saturated heterocycles. The Hall–Kier alpha value is -1.90. The number of hydrogen-bond donors (Lipinski definition) is 1. The third kappa shape index (κ3) is 3.60. The first kappa shape index (κ1) is 15.5. The maximum Gasteiger partial charge on any atom is 0.133 e. The lowest BCUT2D eigenvalue weighted by Crippen LogP contribution is -2.10. The number of aromatic nitrogens is 2. The summed E-state index contributed by atoms with van der Waals surface area (Å²) in [5.41, 5.74) is 4.57. The Labute approximate surface area is 127 Å². The molecule has 1 heterocycles. The monoisotopic (exact) mass is 283 g/mol. The highest BCUT2D eigenvalue weighted by Gasteiger charge is 2.14. The van der Waals surface area contributed by atoms with Crippen LogP contribution in [-0.4, -0.2) is 16.5 Å². The topological polar surface area (TPSA) is 37.8 Å². The molecular weight excluding hydrogens is 258 g/mol. The van der Waals surface area contributed by atoms with E-state index in [1.807, 2.05) is 0 Å². The van der Waals surface area contributed by atoms with Gasteiger partial charge in [-0.05, 0) is 26.3 Å². The Balaban J connectivity index is 2.55. The third-order valence-corrected chi connectivity index (χ3v) is 3.51. The van der Waals surface area contributed by atoms with Crippen LogP contribution in [0.1, 0.15) is 50.1 Å². The van der Waals surface area contributed by atoms with E-state index in [9.17, 15) is 0 Å². The van der Waals surface area contributed by atoms with Crippen LogP contribution >= 0.6 is 0 Å². The highest BCUT2D eigenvalue weighted by molar-refractivity contribution is 5.68. The maximum absolute atomic E-state index is 4.80. The van der Waals surface area contributed by atoms with Gasteiger partial charge in [-0.25, -0.2) is 9.97 Å². The number of rotatable bonds is 5. The van der Waals surface area contributed by atoms with Crippen molar-refractivity contribution in [1.29, 1.82) is 0 Å².